The van der Waals surface area contributed by atoms with Crippen LogP contribution < -0.4 is 5.73 Å². The summed E-state index contributed by atoms with van der Waals surface area (Å²) in [6, 6.07) is 8.07. The van der Waals surface area contributed by atoms with Crippen molar-refractivity contribution in [1.82, 2.24) is 9.30 Å². The summed E-state index contributed by atoms with van der Waals surface area (Å²) in [6.45, 7) is 3.66. The molecule has 1 aliphatic heterocycles. The fraction of sp³-hybridized carbons (Fsp3) is 0.438. The molecule has 20 heavy (non-hydrogen) atoms. The average Bonchev–Trinajstić information content (AvgIpc) is 2.90. The van der Waals surface area contributed by atoms with Gasteiger partial charge in [-0.05, 0) is 43.9 Å². The van der Waals surface area contributed by atoms with Gasteiger partial charge in [-0.25, -0.2) is 0 Å². The van der Waals surface area contributed by atoms with Crippen LogP contribution in [0.4, 0.5) is 0 Å². The Hall–Kier alpha value is -1.81. The Labute approximate surface area is 119 Å². The lowest BCUT2D eigenvalue weighted by atomic mass is 9.92. The van der Waals surface area contributed by atoms with Gasteiger partial charge in [0.1, 0.15) is 0 Å². The predicted octanol–water partition coefficient (Wildman–Crippen LogP) is 2.14. The maximum absolute atomic E-state index is 12.6. The van der Waals surface area contributed by atoms with Crippen LogP contribution in [0.3, 0.4) is 0 Å². The van der Waals surface area contributed by atoms with Gasteiger partial charge in [-0.3, -0.25) is 4.79 Å². The number of hydrogen-bond donors (Lipinski definition) is 1. The number of piperidine rings is 1. The highest BCUT2D eigenvalue weighted by Gasteiger charge is 2.26. The van der Waals surface area contributed by atoms with Crippen molar-refractivity contribution in [3.05, 3.63) is 42.2 Å². The molecule has 0 aromatic carbocycles. The fourth-order valence-corrected chi connectivity index (χ4v) is 2.98. The number of carbonyl (C=O) groups excluding carboxylic acids is 1. The van der Waals surface area contributed by atoms with Crippen LogP contribution in [0.15, 0.2) is 36.7 Å². The molecule has 4 nitrogen and oxygen atoms in total. The van der Waals surface area contributed by atoms with Gasteiger partial charge >= 0.3 is 0 Å². The zero-order valence-corrected chi connectivity index (χ0v) is 11.8. The van der Waals surface area contributed by atoms with Crippen molar-refractivity contribution in [1.29, 1.82) is 0 Å². The molecule has 106 valence electrons. The molecule has 4 heteroatoms. The molecule has 0 saturated carbocycles. The van der Waals surface area contributed by atoms with Gasteiger partial charge in [0, 0.05) is 37.0 Å². The van der Waals surface area contributed by atoms with Gasteiger partial charge in [-0.15, -0.1) is 0 Å². The topological polar surface area (TPSA) is 50.7 Å². The molecule has 2 aromatic heterocycles. The Kier molecular flexibility index (Phi) is 3.49. The van der Waals surface area contributed by atoms with Crippen molar-refractivity contribution < 1.29 is 4.79 Å². The molecule has 1 saturated heterocycles. The van der Waals surface area contributed by atoms with Crippen LogP contribution in [0.1, 0.15) is 30.1 Å². The molecule has 3 heterocycles. The third-order valence-electron chi connectivity index (χ3n) is 4.24. The summed E-state index contributed by atoms with van der Waals surface area (Å²) in [5, 5.41) is 0. The van der Waals surface area contributed by atoms with E-state index in [0.717, 1.165) is 37.0 Å². The maximum atomic E-state index is 12.6. The molecule has 0 spiro atoms. The van der Waals surface area contributed by atoms with E-state index in [1.807, 2.05) is 52.9 Å². The highest BCUT2D eigenvalue weighted by molar-refractivity contribution is 5.95. The average molecular weight is 271 g/mol. The number of nitrogens with zero attached hydrogens (tertiary/aromatic N) is 2. The minimum atomic E-state index is 0.124. The number of carbonyl (C=O) groups is 1. The van der Waals surface area contributed by atoms with Crippen molar-refractivity contribution in [2.45, 2.75) is 25.8 Å². The van der Waals surface area contributed by atoms with Crippen molar-refractivity contribution in [3.63, 3.8) is 0 Å². The number of amides is 1. The van der Waals surface area contributed by atoms with Crippen molar-refractivity contribution in [2.75, 3.05) is 13.1 Å². The van der Waals surface area contributed by atoms with Crippen molar-refractivity contribution in [2.24, 2.45) is 11.7 Å². The van der Waals surface area contributed by atoms with Gasteiger partial charge in [0.2, 0.25) is 0 Å². The summed E-state index contributed by atoms with van der Waals surface area (Å²) in [4.78, 5) is 14.6. The van der Waals surface area contributed by atoms with E-state index in [1.165, 1.54) is 0 Å². The molecule has 0 unspecified atom stereocenters. The van der Waals surface area contributed by atoms with Gasteiger partial charge in [0.25, 0.3) is 5.91 Å². The Balaban J connectivity index is 1.81. The minimum Gasteiger partial charge on any atom is -0.338 e. The third kappa shape index (κ3) is 2.43. The van der Waals surface area contributed by atoms with E-state index in [2.05, 4.69) is 0 Å². The monoisotopic (exact) mass is 271 g/mol. The fourth-order valence-electron chi connectivity index (χ4n) is 2.98. The molecule has 0 bridgehead atoms. The molecule has 1 fully saturated rings. The Bertz CT molecular complexity index is 584. The lowest BCUT2D eigenvalue weighted by molar-refractivity contribution is 0.0661. The highest BCUT2D eigenvalue weighted by Crippen LogP contribution is 2.21. The number of fused-ring (bicyclic) bond motifs is 1. The van der Waals surface area contributed by atoms with Gasteiger partial charge in [-0.2, -0.15) is 0 Å². The molecule has 1 aliphatic rings. The smallest absolute Gasteiger partial charge is 0.255 e. The van der Waals surface area contributed by atoms with Crippen LogP contribution in [0, 0.1) is 5.92 Å². The molecule has 2 atom stereocenters. The minimum absolute atomic E-state index is 0.124. The number of rotatable bonds is 2. The van der Waals surface area contributed by atoms with Crippen molar-refractivity contribution in [3.8, 4) is 0 Å². The molecular weight excluding hydrogens is 250 g/mol. The Morgan fingerprint density at radius 2 is 2.30 bits per heavy atom. The first-order chi connectivity index (χ1) is 9.65. The quantitative estimate of drug-likeness (QED) is 0.909. The summed E-state index contributed by atoms with van der Waals surface area (Å²) in [5.41, 5.74) is 7.81. The van der Waals surface area contributed by atoms with E-state index in [4.69, 9.17) is 5.73 Å². The van der Waals surface area contributed by atoms with Crippen LogP contribution in [0.5, 0.6) is 0 Å². The third-order valence-corrected chi connectivity index (χ3v) is 4.24. The lowest BCUT2D eigenvalue weighted by Crippen LogP contribution is -2.44. The van der Waals surface area contributed by atoms with Crippen LogP contribution in [0.25, 0.3) is 5.52 Å². The van der Waals surface area contributed by atoms with Crippen LogP contribution >= 0.6 is 0 Å². The summed E-state index contributed by atoms with van der Waals surface area (Å²) < 4.78 is 1.99. The highest BCUT2D eigenvalue weighted by atomic mass is 16.2. The summed E-state index contributed by atoms with van der Waals surface area (Å²) in [7, 11) is 0. The zero-order valence-electron chi connectivity index (χ0n) is 11.8. The molecule has 1 amide bonds. The second-order valence-corrected chi connectivity index (χ2v) is 5.77. The molecule has 2 N–H and O–H groups in total. The van der Waals surface area contributed by atoms with Gasteiger partial charge in [0.05, 0.1) is 5.56 Å². The largest absolute Gasteiger partial charge is 0.338 e. The Morgan fingerprint density at radius 3 is 3.05 bits per heavy atom. The summed E-state index contributed by atoms with van der Waals surface area (Å²) >= 11 is 0. The first kappa shape index (κ1) is 13.2. The van der Waals surface area contributed by atoms with Crippen molar-refractivity contribution >= 4 is 11.4 Å². The normalized spacial score (nSPS) is 21.1. The number of pyridine rings is 1. The summed E-state index contributed by atoms with van der Waals surface area (Å²) in [6.07, 6.45) is 6.05. The van der Waals surface area contributed by atoms with E-state index >= 15 is 0 Å². The van der Waals surface area contributed by atoms with Crippen LogP contribution in [-0.2, 0) is 0 Å². The second-order valence-electron chi connectivity index (χ2n) is 5.77. The number of hydrogen-bond acceptors (Lipinski definition) is 2. The zero-order chi connectivity index (χ0) is 14.1. The van der Waals surface area contributed by atoms with Gasteiger partial charge < -0.3 is 15.0 Å². The van der Waals surface area contributed by atoms with E-state index in [0.29, 0.717) is 5.92 Å². The van der Waals surface area contributed by atoms with Crippen LogP contribution in [-0.4, -0.2) is 34.3 Å². The predicted molar refractivity (Wildman–Crippen MR) is 79.7 cm³/mol. The second kappa shape index (κ2) is 5.29. The SMILES string of the molecule is C[C@H](N)[C@H]1CCCN(C(=O)c2cc3ccccn3c2)C1. The molecule has 2 aromatic rings. The molecular formula is C16H21N3O. The maximum Gasteiger partial charge on any atom is 0.255 e. The Morgan fingerprint density at radius 1 is 1.45 bits per heavy atom. The van der Waals surface area contributed by atoms with Gasteiger partial charge in [0.15, 0.2) is 0 Å². The standard InChI is InChI=1S/C16H21N3O/c1-12(17)13-5-4-8-19(10-13)16(20)14-9-15-6-2-3-7-18(15)11-14/h2-3,6-7,9,11-13H,4-5,8,10,17H2,1H3/t12-,13-/m0/s1. The van der Waals surface area contributed by atoms with Gasteiger partial charge in [-0.1, -0.05) is 6.07 Å². The van der Waals surface area contributed by atoms with E-state index < -0.39 is 0 Å². The van der Waals surface area contributed by atoms with E-state index in [-0.39, 0.29) is 11.9 Å². The summed E-state index contributed by atoms with van der Waals surface area (Å²) in [5.74, 6) is 0.545. The molecule has 0 aliphatic carbocycles. The number of nitrogens with two attached hydrogens (primary N) is 1. The molecule has 3 rings (SSSR count). The number of aromatic nitrogens is 1. The first-order valence-electron chi connectivity index (χ1n) is 7.27. The molecule has 0 radical (unpaired) electrons. The van der Waals surface area contributed by atoms with E-state index in [1.54, 1.807) is 0 Å². The first-order valence-corrected chi connectivity index (χ1v) is 7.27. The number of likely N-dealkylation sites (tertiary alicyclic amines) is 1. The van der Waals surface area contributed by atoms with E-state index in [9.17, 15) is 4.79 Å². The lowest BCUT2D eigenvalue weighted by Gasteiger charge is -2.34. The van der Waals surface area contributed by atoms with Crippen LogP contribution in [0.2, 0.25) is 0 Å².